The van der Waals surface area contributed by atoms with Crippen LogP contribution in [0.25, 0.3) is 0 Å². The standard InChI is InChI=1S/C33H45NO9/c1-18(35)43-32-15-22(40-5)31(37)14-20(23(32)28(31)42-29(36)19-10-8-7-9-11-19)33-21(39-4)12-13-30(17-38-3)16-34(2)27(33)24(32)25(41-6)26(30)33/h7-11,20-28,37H,12-17H2,1-6H3/t20-,21+,22+,23-,24+,25+,26-,27-,28-,30-,31-,32-,33+/m1/s1. The zero-order chi connectivity index (χ0) is 30.5. The molecule has 1 spiro atoms. The van der Waals surface area contributed by atoms with E-state index < -0.39 is 46.7 Å². The van der Waals surface area contributed by atoms with Crippen molar-refractivity contribution >= 4 is 11.9 Å². The summed E-state index contributed by atoms with van der Waals surface area (Å²) in [6.45, 7) is 2.82. The van der Waals surface area contributed by atoms with Crippen LogP contribution in [0.4, 0.5) is 0 Å². The van der Waals surface area contributed by atoms with Gasteiger partial charge in [0.25, 0.3) is 0 Å². The fourth-order valence-corrected chi connectivity index (χ4v) is 12.2. The number of piperidine rings is 1. The Morgan fingerprint density at radius 2 is 1.72 bits per heavy atom. The average Bonchev–Trinajstić information content (AvgIpc) is 3.37. The van der Waals surface area contributed by atoms with Gasteiger partial charge in [0.15, 0.2) is 0 Å². The van der Waals surface area contributed by atoms with Crippen molar-refractivity contribution in [3.8, 4) is 0 Å². The maximum absolute atomic E-state index is 13.7. The molecule has 7 bridgehead atoms. The van der Waals surface area contributed by atoms with Gasteiger partial charge in [-0.2, -0.15) is 0 Å². The van der Waals surface area contributed by atoms with Crippen LogP contribution in [0, 0.1) is 34.5 Å². The molecule has 1 saturated heterocycles. The molecule has 7 rings (SSSR count). The molecular weight excluding hydrogens is 554 g/mol. The summed E-state index contributed by atoms with van der Waals surface area (Å²) in [7, 11) is 9.01. The molecule has 0 unspecified atom stereocenters. The summed E-state index contributed by atoms with van der Waals surface area (Å²) >= 11 is 0. The molecule has 1 N–H and O–H groups in total. The number of fused-ring (bicyclic) bond motifs is 2. The number of methoxy groups -OCH3 is 4. The Hall–Kier alpha value is -2.08. The molecule has 5 saturated carbocycles. The Balaban J connectivity index is 1.48. The number of nitrogens with zero attached hydrogens (tertiary/aromatic N) is 1. The molecule has 1 aromatic carbocycles. The van der Waals surface area contributed by atoms with E-state index in [0.29, 0.717) is 18.6 Å². The molecule has 1 aliphatic heterocycles. The molecule has 10 nitrogen and oxygen atoms in total. The van der Waals surface area contributed by atoms with Crippen LogP contribution in [0.15, 0.2) is 30.3 Å². The van der Waals surface area contributed by atoms with Gasteiger partial charge in [0.05, 0.1) is 30.5 Å². The summed E-state index contributed by atoms with van der Waals surface area (Å²) in [4.78, 5) is 29.2. The number of benzene rings is 1. The topological polar surface area (TPSA) is 113 Å². The molecular formula is C33H45NO9. The monoisotopic (exact) mass is 599 g/mol. The third-order valence-corrected chi connectivity index (χ3v) is 12.7. The lowest BCUT2D eigenvalue weighted by Gasteiger charge is -2.69. The first kappa shape index (κ1) is 29.6. The first-order valence-corrected chi connectivity index (χ1v) is 15.5. The maximum Gasteiger partial charge on any atom is 0.338 e. The van der Waals surface area contributed by atoms with Crippen molar-refractivity contribution in [2.45, 2.75) is 74.3 Å². The summed E-state index contributed by atoms with van der Waals surface area (Å²) in [5, 5.41) is 12.7. The van der Waals surface area contributed by atoms with Crippen LogP contribution in [-0.2, 0) is 33.2 Å². The van der Waals surface area contributed by atoms with Gasteiger partial charge < -0.3 is 38.4 Å². The highest BCUT2D eigenvalue weighted by molar-refractivity contribution is 5.89. The van der Waals surface area contributed by atoms with E-state index in [1.165, 1.54) is 6.92 Å². The molecule has 1 aromatic rings. The zero-order valence-corrected chi connectivity index (χ0v) is 26.0. The van der Waals surface area contributed by atoms with Gasteiger partial charge in [0, 0.05) is 83.0 Å². The molecule has 236 valence electrons. The van der Waals surface area contributed by atoms with Crippen LogP contribution < -0.4 is 0 Å². The fraction of sp³-hybridized carbons (Fsp3) is 0.758. The summed E-state index contributed by atoms with van der Waals surface area (Å²) in [6, 6.07) is 8.77. The number of carbonyl (C=O) groups is 2. The van der Waals surface area contributed by atoms with Crippen LogP contribution in [0.2, 0.25) is 0 Å². The van der Waals surface area contributed by atoms with Crippen molar-refractivity contribution in [2.75, 3.05) is 48.6 Å². The van der Waals surface area contributed by atoms with Crippen molar-refractivity contribution in [3.05, 3.63) is 35.9 Å². The number of ether oxygens (including phenoxy) is 6. The highest BCUT2D eigenvalue weighted by Crippen LogP contribution is 2.80. The predicted octanol–water partition coefficient (Wildman–Crippen LogP) is 2.32. The van der Waals surface area contributed by atoms with Crippen molar-refractivity contribution in [3.63, 3.8) is 0 Å². The fourth-order valence-electron chi connectivity index (χ4n) is 12.2. The lowest BCUT2D eigenvalue weighted by molar-refractivity contribution is -0.285. The molecule has 1 heterocycles. The summed E-state index contributed by atoms with van der Waals surface area (Å²) in [6.07, 6.45) is 0.272. The van der Waals surface area contributed by atoms with Gasteiger partial charge in [0.2, 0.25) is 0 Å². The number of hydrogen-bond donors (Lipinski definition) is 1. The molecule has 0 aromatic heterocycles. The molecule has 13 atom stereocenters. The number of aliphatic hydroxyl groups is 1. The van der Waals surface area contributed by atoms with E-state index in [9.17, 15) is 14.7 Å². The van der Waals surface area contributed by atoms with E-state index in [2.05, 4.69) is 11.9 Å². The van der Waals surface area contributed by atoms with Crippen molar-refractivity contribution in [2.24, 2.45) is 34.5 Å². The van der Waals surface area contributed by atoms with Gasteiger partial charge in [-0.3, -0.25) is 4.79 Å². The SMILES string of the molecule is COC[C@]12CC[C@H](OC)[C@@]34[C@@H]5C[C@@]6(O)[C@@H](OC)C[C@@](OC(C)=O)([C@H]5[C@H]6OC(=O)c5ccccc5)[C@@H]([C@H](OC)[C@H]13)[C@H]4N(C)C2. The number of esters is 2. The average molecular weight is 600 g/mol. The Morgan fingerprint density at radius 1 is 1.00 bits per heavy atom. The van der Waals surface area contributed by atoms with Crippen LogP contribution in [0.1, 0.15) is 43.0 Å². The van der Waals surface area contributed by atoms with E-state index in [1.807, 2.05) is 6.07 Å². The van der Waals surface area contributed by atoms with E-state index in [-0.39, 0.29) is 47.8 Å². The number of rotatable bonds is 8. The lowest BCUT2D eigenvalue weighted by atomic mass is 9.43. The normalized spacial score (nSPS) is 49.0. The largest absolute Gasteiger partial charge is 0.458 e. The highest BCUT2D eigenvalue weighted by atomic mass is 16.6. The number of hydrogen-bond acceptors (Lipinski definition) is 10. The van der Waals surface area contributed by atoms with Gasteiger partial charge in [-0.15, -0.1) is 0 Å². The predicted molar refractivity (Wildman–Crippen MR) is 153 cm³/mol. The Bertz CT molecular complexity index is 1280. The van der Waals surface area contributed by atoms with E-state index in [1.54, 1.807) is 52.7 Å². The van der Waals surface area contributed by atoms with Crippen molar-refractivity contribution in [1.82, 2.24) is 4.90 Å². The maximum atomic E-state index is 13.7. The second kappa shape index (κ2) is 9.96. The van der Waals surface area contributed by atoms with E-state index in [0.717, 1.165) is 19.4 Å². The van der Waals surface area contributed by atoms with E-state index >= 15 is 0 Å². The first-order chi connectivity index (χ1) is 20.6. The molecule has 10 heteroatoms. The first-order valence-electron chi connectivity index (χ1n) is 15.5. The van der Waals surface area contributed by atoms with Gasteiger partial charge in [-0.1, -0.05) is 18.2 Å². The lowest BCUT2D eigenvalue weighted by Crippen LogP contribution is -2.77. The third-order valence-electron chi connectivity index (χ3n) is 12.7. The molecule has 6 fully saturated rings. The van der Waals surface area contributed by atoms with Gasteiger partial charge in [-0.25, -0.2) is 4.79 Å². The molecule has 0 amide bonds. The van der Waals surface area contributed by atoms with Crippen LogP contribution in [-0.4, -0.2) is 112 Å². The van der Waals surface area contributed by atoms with Gasteiger partial charge in [0.1, 0.15) is 17.3 Å². The third kappa shape index (κ3) is 3.51. The number of carbonyl (C=O) groups excluding carboxylic acids is 2. The number of likely N-dealkylation sites (tertiary alicyclic amines) is 1. The van der Waals surface area contributed by atoms with Gasteiger partial charge in [-0.05, 0) is 44.4 Å². The molecule has 0 radical (unpaired) electrons. The van der Waals surface area contributed by atoms with Crippen molar-refractivity contribution in [1.29, 1.82) is 0 Å². The van der Waals surface area contributed by atoms with E-state index in [4.69, 9.17) is 28.4 Å². The molecule has 6 aliphatic rings. The summed E-state index contributed by atoms with van der Waals surface area (Å²) in [5.41, 5.74) is -2.88. The Kier molecular flexibility index (Phi) is 6.86. The Labute approximate surface area is 253 Å². The van der Waals surface area contributed by atoms with Crippen LogP contribution in [0.3, 0.4) is 0 Å². The van der Waals surface area contributed by atoms with Crippen LogP contribution >= 0.6 is 0 Å². The minimum Gasteiger partial charge on any atom is -0.458 e. The van der Waals surface area contributed by atoms with Gasteiger partial charge >= 0.3 is 11.9 Å². The molecule has 43 heavy (non-hydrogen) atoms. The highest BCUT2D eigenvalue weighted by Gasteiger charge is 2.89. The minimum absolute atomic E-state index is 0.0201. The minimum atomic E-state index is -1.48. The summed E-state index contributed by atoms with van der Waals surface area (Å²) in [5.74, 6) is -1.87. The summed E-state index contributed by atoms with van der Waals surface area (Å²) < 4.78 is 38.0. The Morgan fingerprint density at radius 3 is 2.35 bits per heavy atom. The molecule has 5 aliphatic carbocycles. The van der Waals surface area contributed by atoms with Crippen LogP contribution in [0.5, 0.6) is 0 Å². The van der Waals surface area contributed by atoms with Crippen molar-refractivity contribution < 1.29 is 43.1 Å². The zero-order valence-electron chi connectivity index (χ0n) is 26.0. The second-order valence-corrected chi connectivity index (χ2v) is 14.1. The quantitative estimate of drug-likeness (QED) is 0.447. The smallest absolute Gasteiger partial charge is 0.338 e. The second-order valence-electron chi connectivity index (χ2n) is 14.1.